The lowest BCUT2D eigenvalue weighted by molar-refractivity contribution is -0.123. The number of carbonyl (C=O) groups is 2. The smallest absolute Gasteiger partial charge is 0.235 e. The third-order valence-electron chi connectivity index (χ3n) is 3.42. The number of sulfonamides is 1. The van der Waals surface area contributed by atoms with Crippen molar-refractivity contribution < 1.29 is 27.1 Å². The van der Waals surface area contributed by atoms with Crippen LogP contribution in [-0.2, 0) is 26.2 Å². The number of benzene rings is 1. The Morgan fingerprint density at radius 1 is 1.23 bits per heavy atom. The normalized spacial score (nSPS) is 11.4. The summed E-state index contributed by atoms with van der Waals surface area (Å²) in [5.74, 6) is -1.33. The molecule has 2 amide bonds. The van der Waals surface area contributed by atoms with Crippen LogP contribution in [0.15, 0.2) is 23.6 Å². The molecule has 1 aromatic carbocycles. The topological polar surface area (TPSA) is 126 Å². The third kappa shape index (κ3) is 8.43. The number of aromatic nitrogens is 1. The Hall–Kier alpha value is -2.57. The first kappa shape index (κ1) is 23.7. The van der Waals surface area contributed by atoms with E-state index in [1.807, 2.05) is 13.8 Å². The number of rotatable bonds is 10. The largest absolute Gasteiger partial charge is 0.491 e. The van der Waals surface area contributed by atoms with E-state index in [2.05, 4.69) is 20.3 Å². The summed E-state index contributed by atoms with van der Waals surface area (Å²) in [5.41, 5.74) is 0.696. The average molecular weight is 459 g/mol. The number of thiazole rings is 1. The molecule has 0 saturated carbocycles. The average Bonchev–Trinajstić information content (AvgIpc) is 3.06. The number of ether oxygens (including phenoxy) is 1. The van der Waals surface area contributed by atoms with Gasteiger partial charge in [0.25, 0.3) is 0 Å². The van der Waals surface area contributed by atoms with Crippen LogP contribution in [0.25, 0.3) is 0 Å². The summed E-state index contributed by atoms with van der Waals surface area (Å²) < 4.78 is 43.5. The molecule has 1 heterocycles. The van der Waals surface area contributed by atoms with Gasteiger partial charge in [-0.2, -0.15) is 0 Å². The van der Waals surface area contributed by atoms with Crippen LogP contribution in [0.1, 0.15) is 26.0 Å². The van der Waals surface area contributed by atoms with Crippen molar-refractivity contribution in [1.82, 2.24) is 9.71 Å². The van der Waals surface area contributed by atoms with Crippen LogP contribution in [0, 0.1) is 11.7 Å². The van der Waals surface area contributed by atoms with E-state index in [4.69, 9.17) is 4.74 Å². The summed E-state index contributed by atoms with van der Waals surface area (Å²) in [6.45, 7) is 4.20. The third-order valence-corrected chi connectivity index (χ3v) is 4.90. The van der Waals surface area contributed by atoms with Crippen LogP contribution in [0.2, 0.25) is 0 Å². The highest BCUT2D eigenvalue weighted by molar-refractivity contribution is 7.88. The molecule has 0 aliphatic carbocycles. The van der Waals surface area contributed by atoms with Crippen molar-refractivity contribution in [3.63, 3.8) is 0 Å². The van der Waals surface area contributed by atoms with Gasteiger partial charge in [0.1, 0.15) is 18.0 Å². The number of anilines is 2. The fraction of sp³-hybridized carbons (Fsp3) is 0.389. The van der Waals surface area contributed by atoms with Gasteiger partial charge in [-0.1, -0.05) is 13.8 Å². The number of hydrogen-bond acceptors (Lipinski definition) is 7. The van der Waals surface area contributed by atoms with Crippen LogP contribution in [-0.4, -0.2) is 38.1 Å². The summed E-state index contributed by atoms with van der Waals surface area (Å²) in [5, 5.41) is 6.84. The van der Waals surface area contributed by atoms with Gasteiger partial charge in [0.05, 0.1) is 30.8 Å². The minimum Gasteiger partial charge on any atom is -0.491 e. The predicted octanol–water partition coefficient (Wildman–Crippen LogP) is 2.33. The zero-order valence-electron chi connectivity index (χ0n) is 16.7. The van der Waals surface area contributed by atoms with Gasteiger partial charge in [-0.3, -0.25) is 9.59 Å². The highest BCUT2D eigenvalue weighted by Gasteiger charge is 2.15. The van der Waals surface area contributed by atoms with E-state index in [0.717, 1.165) is 17.6 Å². The summed E-state index contributed by atoms with van der Waals surface area (Å²) in [7, 11) is -3.36. The molecule has 0 bridgehead atoms. The molecule has 0 aliphatic heterocycles. The Morgan fingerprint density at radius 2 is 1.93 bits per heavy atom. The van der Waals surface area contributed by atoms with E-state index >= 15 is 0 Å². The van der Waals surface area contributed by atoms with Crippen LogP contribution in [0.4, 0.5) is 15.2 Å². The van der Waals surface area contributed by atoms with Crippen LogP contribution < -0.4 is 20.1 Å². The minimum atomic E-state index is -3.36. The lowest BCUT2D eigenvalue weighted by Gasteiger charge is -2.14. The van der Waals surface area contributed by atoms with Crippen molar-refractivity contribution in [3.8, 4) is 5.75 Å². The fourth-order valence-corrected chi connectivity index (χ4v) is 3.27. The molecule has 2 aromatic rings. The van der Waals surface area contributed by atoms with Crippen LogP contribution in [0.5, 0.6) is 5.75 Å². The molecular formula is C18H23FN4O5S2. The molecule has 0 aliphatic rings. The Balaban J connectivity index is 1.91. The Morgan fingerprint density at radius 3 is 2.60 bits per heavy atom. The summed E-state index contributed by atoms with van der Waals surface area (Å²) in [6.07, 6.45) is 0.540. The van der Waals surface area contributed by atoms with Gasteiger partial charge in [-0.25, -0.2) is 22.5 Å². The van der Waals surface area contributed by atoms with Gasteiger partial charge in [-0.05, 0) is 18.1 Å². The molecule has 9 nitrogen and oxygen atoms in total. The highest BCUT2D eigenvalue weighted by Crippen LogP contribution is 2.26. The standard InChI is InChI=1S/C18H23FN4O5S2/c1-11(2)9-28-15-6-12(19)4-5-14(15)22-16(24)7-17(25)23-18-21-13(10-29-18)8-20-30(3,26)27/h4-6,10-11,20H,7-9H2,1-3H3,(H,22,24)(H,21,23,25). The monoisotopic (exact) mass is 458 g/mol. The van der Waals surface area contributed by atoms with Crippen molar-refractivity contribution in [3.05, 3.63) is 35.1 Å². The molecule has 0 atom stereocenters. The maximum atomic E-state index is 13.5. The molecule has 3 N–H and O–H groups in total. The SMILES string of the molecule is CC(C)COc1cc(F)ccc1NC(=O)CC(=O)Nc1nc(CNS(C)(=O)=O)cs1. The first-order chi connectivity index (χ1) is 14.0. The second kappa shape index (κ2) is 10.5. The molecule has 0 fully saturated rings. The van der Waals surface area contributed by atoms with E-state index in [1.165, 1.54) is 18.2 Å². The van der Waals surface area contributed by atoms with Crippen LogP contribution in [0.3, 0.4) is 0 Å². The minimum absolute atomic E-state index is 0.00455. The lowest BCUT2D eigenvalue weighted by Crippen LogP contribution is -2.22. The molecule has 0 saturated heterocycles. The van der Waals surface area contributed by atoms with E-state index in [9.17, 15) is 22.4 Å². The van der Waals surface area contributed by atoms with Gasteiger partial charge in [0, 0.05) is 11.4 Å². The number of nitrogens with one attached hydrogen (secondary N) is 3. The Kier molecular flexibility index (Phi) is 8.26. The van der Waals surface area contributed by atoms with Crippen molar-refractivity contribution in [1.29, 1.82) is 0 Å². The van der Waals surface area contributed by atoms with Gasteiger partial charge in [0.2, 0.25) is 21.8 Å². The Labute approximate surface area is 178 Å². The molecule has 0 unspecified atom stereocenters. The lowest BCUT2D eigenvalue weighted by atomic mass is 10.2. The summed E-state index contributed by atoms with van der Waals surface area (Å²) in [4.78, 5) is 28.4. The zero-order chi connectivity index (χ0) is 22.3. The second-order valence-corrected chi connectivity index (χ2v) is 9.55. The van der Waals surface area contributed by atoms with Gasteiger partial charge in [-0.15, -0.1) is 11.3 Å². The molecule has 0 spiro atoms. The number of halogens is 1. The molecule has 12 heteroatoms. The molecule has 1 aromatic heterocycles. The second-order valence-electron chi connectivity index (χ2n) is 6.86. The maximum absolute atomic E-state index is 13.5. The van der Waals surface area contributed by atoms with E-state index in [0.29, 0.717) is 12.3 Å². The molecule has 30 heavy (non-hydrogen) atoms. The first-order valence-corrected chi connectivity index (χ1v) is 11.7. The Bertz CT molecular complexity index is 1010. The molecular weight excluding hydrogens is 435 g/mol. The van der Waals surface area contributed by atoms with Crippen molar-refractivity contribution >= 4 is 44.0 Å². The fourth-order valence-electron chi connectivity index (χ4n) is 2.13. The van der Waals surface area contributed by atoms with E-state index < -0.39 is 34.1 Å². The van der Waals surface area contributed by atoms with Crippen molar-refractivity contribution in [2.24, 2.45) is 5.92 Å². The highest BCUT2D eigenvalue weighted by atomic mass is 32.2. The number of nitrogens with zero attached hydrogens (tertiary/aromatic N) is 1. The first-order valence-electron chi connectivity index (χ1n) is 8.93. The van der Waals surface area contributed by atoms with E-state index in [-0.39, 0.29) is 29.0 Å². The van der Waals surface area contributed by atoms with Gasteiger partial charge in [0.15, 0.2) is 5.13 Å². The summed E-state index contributed by atoms with van der Waals surface area (Å²) >= 11 is 1.10. The predicted molar refractivity (Wildman–Crippen MR) is 112 cm³/mol. The van der Waals surface area contributed by atoms with Crippen LogP contribution >= 0.6 is 11.3 Å². The number of amides is 2. The maximum Gasteiger partial charge on any atom is 0.235 e. The van der Waals surface area contributed by atoms with Crippen molar-refractivity contribution in [2.75, 3.05) is 23.5 Å². The van der Waals surface area contributed by atoms with Gasteiger partial charge >= 0.3 is 0 Å². The zero-order valence-corrected chi connectivity index (χ0v) is 18.3. The molecule has 2 rings (SSSR count). The van der Waals surface area contributed by atoms with Gasteiger partial charge < -0.3 is 15.4 Å². The quantitative estimate of drug-likeness (QED) is 0.469. The molecule has 0 radical (unpaired) electrons. The summed E-state index contributed by atoms with van der Waals surface area (Å²) in [6, 6.07) is 3.71. The van der Waals surface area contributed by atoms with E-state index in [1.54, 1.807) is 5.38 Å². The van der Waals surface area contributed by atoms with Crippen molar-refractivity contribution in [2.45, 2.75) is 26.8 Å². The number of carbonyl (C=O) groups excluding carboxylic acids is 2. The number of hydrogen-bond donors (Lipinski definition) is 3. The molecule has 164 valence electrons.